The molecule has 2 atom stereocenters. The van der Waals surface area contributed by atoms with E-state index in [1.807, 2.05) is 11.6 Å². The Bertz CT molecular complexity index is 193. The molecule has 0 aromatic rings. The summed E-state index contributed by atoms with van der Waals surface area (Å²) in [5.41, 5.74) is 0. The zero-order chi connectivity index (χ0) is 6.43. The Kier molecular flexibility index (Phi) is 1.13. The quantitative estimate of drug-likeness (QED) is 0.437. The normalized spacial score (nSPS) is 38.8. The van der Waals surface area contributed by atoms with Gasteiger partial charge < -0.3 is 4.90 Å². The number of nitrogens with zero attached hydrogens (tertiary/aromatic N) is 1. The summed E-state index contributed by atoms with van der Waals surface area (Å²) in [6.07, 6.45) is 1.83. The third-order valence-electron chi connectivity index (χ3n) is 1.45. The van der Waals surface area contributed by atoms with E-state index in [-0.39, 0.29) is 10.7 Å². The number of thioether (sulfide) groups is 1. The standard InChI is InChI=1S/C5H4BrNOS/c6-3-4(8)7-1-2-9-5(3)7/h1-3,5H/t3-,5+/m0/s1. The third kappa shape index (κ3) is 0.604. The first-order valence-electron chi connectivity index (χ1n) is 2.59. The van der Waals surface area contributed by atoms with E-state index in [2.05, 4.69) is 15.9 Å². The molecule has 2 aliphatic rings. The maximum atomic E-state index is 10.9. The topological polar surface area (TPSA) is 20.3 Å². The van der Waals surface area contributed by atoms with Gasteiger partial charge in [0.1, 0.15) is 10.2 Å². The number of rotatable bonds is 0. The van der Waals surface area contributed by atoms with Crippen LogP contribution < -0.4 is 0 Å². The van der Waals surface area contributed by atoms with E-state index in [0.29, 0.717) is 5.37 Å². The molecule has 0 unspecified atom stereocenters. The second-order valence-corrected chi connectivity index (χ2v) is 3.97. The number of hydrogen-bond acceptors (Lipinski definition) is 2. The van der Waals surface area contributed by atoms with E-state index < -0.39 is 0 Å². The summed E-state index contributed by atoms with van der Waals surface area (Å²) in [7, 11) is 0. The van der Waals surface area contributed by atoms with Gasteiger partial charge in [0, 0.05) is 6.20 Å². The molecule has 0 spiro atoms. The van der Waals surface area contributed by atoms with Crippen molar-refractivity contribution < 1.29 is 4.79 Å². The van der Waals surface area contributed by atoms with Crippen LogP contribution in [0.15, 0.2) is 11.6 Å². The van der Waals surface area contributed by atoms with Crippen molar-refractivity contribution in [2.24, 2.45) is 0 Å². The maximum absolute atomic E-state index is 10.9. The Hall–Kier alpha value is 0.0400. The van der Waals surface area contributed by atoms with Crippen LogP contribution in [0, 0.1) is 0 Å². The van der Waals surface area contributed by atoms with Crippen molar-refractivity contribution in [1.29, 1.82) is 0 Å². The van der Waals surface area contributed by atoms with Crippen molar-refractivity contribution in [2.45, 2.75) is 10.2 Å². The average Bonchev–Trinajstić information content (AvgIpc) is 2.30. The van der Waals surface area contributed by atoms with Gasteiger partial charge >= 0.3 is 0 Å². The van der Waals surface area contributed by atoms with Gasteiger partial charge in [-0.25, -0.2) is 0 Å². The molecule has 2 rings (SSSR count). The summed E-state index contributed by atoms with van der Waals surface area (Å²) in [5.74, 6) is 0.182. The minimum absolute atomic E-state index is 0.0532. The molecular weight excluding hydrogens is 202 g/mol. The second-order valence-electron chi connectivity index (χ2n) is 1.96. The lowest BCUT2D eigenvalue weighted by Gasteiger charge is -2.37. The zero-order valence-electron chi connectivity index (χ0n) is 4.45. The summed E-state index contributed by atoms with van der Waals surface area (Å²) in [4.78, 5) is 12.7. The highest BCUT2D eigenvalue weighted by Gasteiger charge is 2.46. The lowest BCUT2D eigenvalue weighted by molar-refractivity contribution is -0.135. The highest BCUT2D eigenvalue weighted by atomic mass is 79.9. The van der Waals surface area contributed by atoms with Crippen LogP contribution in [0.3, 0.4) is 0 Å². The summed E-state index contributed by atoms with van der Waals surface area (Å²) >= 11 is 4.96. The van der Waals surface area contributed by atoms with Gasteiger partial charge in [0.25, 0.3) is 0 Å². The summed E-state index contributed by atoms with van der Waals surface area (Å²) in [6, 6.07) is 0. The molecule has 4 heteroatoms. The Morgan fingerprint density at radius 3 is 3.22 bits per heavy atom. The van der Waals surface area contributed by atoms with E-state index in [4.69, 9.17) is 0 Å². The predicted molar refractivity (Wildman–Crippen MR) is 40.1 cm³/mol. The molecule has 1 fully saturated rings. The molecule has 2 heterocycles. The molecule has 2 aliphatic heterocycles. The number of carbonyl (C=O) groups is 1. The first kappa shape index (κ1) is 5.80. The number of fused-ring (bicyclic) bond motifs is 1. The molecule has 1 saturated heterocycles. The predicted octanol–water partition coefficient (Wildman–Crippen LogP) is 1.14. The van der Waals surface area contributed by atoms with Crippen LogP contribution >= 0.6 is 27.7 Å². The highest BCUT2D eigenvalue weighted by Crippen LogP contribution is 2.40. The smallest absolute Gasteiger partial charge is 0.244 e. The highest BCUT2D eigenvalue weighted by molar-refractivity contribution is 9.10. The molecule has 48 valence electrons. The molecule has 0 radical (unpaired) electrons. The zero-order valence-corrected chi connectivity index (χ0v) is 6.85. The molecule has 0 aromatic carbocycles. The number of alkyl halides is 1. The van der Waals surface area contributed by atoms with E-state index in [1.54, 1.807) is 16.7 Å². The van der Waals surface area contributed by atoms with Gasteiger partial charge in [-0.1, -0.05) is 15.9 Å². The van der Waals surface area contributed by atoms with Crippen LogP contribution in [0.25, 0.3) is 0 Å². The molecule has 0 aromatic heterocycles. The van der Waals surface area contributed by atoms with Gasteiger partial charge in [-0.15, -0.1) is 11.8 Å². The van der Waals surface area contributed by atoms with E-state index >= 15 is 0 Å². The van der Waals surface area contributed by atoms with E-state index in [0.717, 1.165) is 0 Å². The third-order valence-corrected chi connectivity index (χ3v) is 3.75. The lowest BCUT2D eigenvalue weighted by Crippen LogP contribution is -2.55. The van der Waals surface area contributed by atoms with Gasteiger partial charge in [-0.05, 0) is 5.41 Å². The van der Waals surface area contributed by atoms with Gasteiger partial charge in [-0.3, -0.25) is 4.79 Å². The second kappa shape index (κ2) is 1.76. The molecule has 9 heavy (non-hydrogen) atoms. The van der Waals surface area contributed by atoms with Crippen molar-refractivity contribution in [1.82, 2.24) is 4.90 Å². The fourth-order valence-corrected chi connectivity index (χ4v) is 2.71. The molecule has 0 N–H and O–H groups in total. The Morgan fingerprint density at radius 2 is 2.56 bits per heavy atom. The maximum Gasteiger partial charge on any atom is 0.244 e. The van der Waals surface area contributed by atoms with Crippen LogP contribution in [-0.4, -0.2) is 21.0 Å². The Morgan fingerprint density at radius 1 is 1.78 bits per heavy atom. The fraction of sp³-hybridized carbons (Fsp3) is 0.400. The number of halogens is 1. The minimum atomic E-state index is 0.0532. The van der Waals surface area contributed by atoms with Crippen LogP contribution in [0.1, 0.15) is 0 Å². The van der Waals surface area contributed by atoms with Crippen molar-refractivity contribution >= 4 is 33.6 Å². The lowest BCUT2D eigenvalue weighted by atomic mass is 10.2. The van der Waals surface area contributed by atoms with Gasteiger partial charge in [-0.2, -0.15) is 0 Å². The summed E-state index contributed by atoms with van der Waals surface area (Å²) < 4.78 is 0. The molecule has 0 saturated carbocycles. The SMILES string of the molecule is O=C1[C@H](Br)[C@H]2SC=CN12. The number of hydrogen-bond donors (Lipinski definition) is 0. The summed E-state index contributed by atoms with van der Waals surface area (Å²) in [5, 5.41) is 2.29. The van der Waals surface area contributed by atoms with Crippen LogP contribution in [0.2, 0.25) is 0 Å². The first-order chi connectivity index (χ1) is 4.30. The molecule has 0 aliphatic carbocycles. The van der Waals surface area contributed by atoms with Crippen LogP contribution in [0.4, 0.5) is 0 Å². The van der Waals surface area contributed by atoms with E-state index in [9.17, 15) is 4.79 Å². The van der Waals surface area contributed by atoms with Gasteiger partial charge in [0.2, 0.25) is 5.91 Å². The average molecular weight is 206 g/mol. The Labute approximate surface area is 65.4 Å². The first-order valence-corrected chi connectivity index (χ1v) is 4.45. The van der Waals surface area contributed by atoms with Crippen LogP contribution in [0.5, 0.6) is 0 Å². The fourth-order valence-electron chi connectivity index (χ4n) is 0.923. The Balaban J connectivity index is 2.21. The van der Waals surface area contributed by atoms with Crippen molar-refractivity contribution in [3.05, 3.63) is 11.6 Å². The van der Waals surface area contributed by atoms with Gasteiger partial charge in [0.15, 0.2) is 0 Å². The van der Waals surface area contributed by atoms with E-state index in [1.165, 1.54) is 0 Å². The van der Waals surface area contributed by atoms with Crippen LogP contribution in [-0.2, 0) is 4.79 Å². The van der Waals surface area contributed by atoms with Crippen molar-refractivity contribution in [2.75, 3.05) is 0 Å². The number of β-lactam (4-membered cyclic amide) rings is 1. The minimum Gasteiger partial charge on any atom is -0.303 e. The molecule has 0 bridgehead atoms. The number of carbonyl (C=O) groups excluding carboxylic acids is 1. The molecular formula is C5H4BrNOS. The molecule has 2 nitrogen and oxygen atoms in total. The van der Waals surface area contributed by atoms with Gasteiger partial charge in [0.05, 0.1) is 0 Å². The summed E-state index contributed by atoms with van der Waals surface area (Å²) in [6.45, 7) is 0. The number of amides is 1. The molecule has 1 amide bonds. The monoisotopic (exact) mass is 205 g/mol. The van der Waals surface area contributed by atoms with Crippen molar-refractivity contribution in [3.8, 4) is 0 Å². The van der Waals surface area contributed by atoms with Crippen molar-refractivity contribution in [3.63, 3.8) is 0 Å². The largest absolute Gasteiger partial charge is 0.303 e.